The zero-order valence-corrected chi connectivity index (χ0v) is 18.7. The first kappa shape index (κ1) is 19.7. The zero-order valence-electron chi connectivity index (χ0n) is 18.7. The highest BCUT2D eigenvalue weighted by molar-refractivity contribution is 5.93. The number of rotatable bonds is 4. The van der Waals surface area contributed by atoms with Crippen molar-refractivity contribution in [3.63, 3.8) is 0 Å². The molecular formula is C28H32O3. The lowest BCUT2D eigenvalue weighted by Crippen LogP contribution is -2.48. The molecule has 5 aliphatic rings. The van der Waals surface area contributed by atoms with Crippen molar-refractivity contribution in [1.29, 1.82) is 0 Å². The molecular weight excluding hydrogens is 384 g/mol. The number of allylic oxidation sites excluding steroid dienone is 4. The van der Waals surface area contributed by atoms with Gasteiger partial charge in [0.05, 0.1) is 5.60 Å². The molecule has 0 heterocycles. The Morgan fingerprint density at radius 2 is 1.94 bits per heavy atom. The third-order valence-corrected chi connectivity index (χ3v) is 9.56. The molecule has 3 fully saturated rings. The van der Waals surface area contributed by atoms with E-state index in [1.807, 2.05) is 18.2 Å². The van der Waals surface area contributed by atoms with Crippen molar-refractivity contribution >= 4 is 12.1 Å². The van der Waals surface area contributed by atoms with E-state index < -0.39 is 0 Å². The quantitative estimate of drug-likeness (QED) is 0.582. The van der Waals surface area contributed by atoms with Gasteiger partial charge in [0.15, 0.2) is 5.78 Å². The maximum absolute atomic E-state index is 12.1. The van der Waals surface area contributed by atoms with Gasteiger partial charge in [-0.2, -0.15) is 0 Å². The largest absolute Gasteiger partial charge is 0.374 e. The van der Waals surface area contributed by atoms with Crippen LogP contribution in [0.3, 0.4) is 0 Å². The topological polar surface area (TPSA) is 43.4 Å². The van der Waals surface area contributed by atoms with E-state index in [4.69, 9.17) is 4.74 Å². The van der Waals surface area contributed by atoms with Gasteiger partial charge in [-0.05, 0) is 86.0 Å². The maximum Gasteiger partial charge on any atom is 0.156 e. The molecule has 1 aromatic carbocycles. The average Bonchev–Trinajstić information content (AvgIpc) is 3.43. The first-order valence-corrected chi connectivity index (χ1v) is 12.2. The van der Waals surface area contributed by atoms with E-state index in [1.54, 1.807) is 5.57 Å². The minimum Gasteiger partial charge on any atom is -0.374 e. The molecule has 31 heavy (non-hydrogen) atoms. The van der Waals surface area contributed by atoms with Gasteiger partial charge in [-0.25, -0.2) is 0 Å². The zero-order chi connectivity index (χ0) is 21.4. The summed E-state index contributed by atoms with van der Waals surface area (Å²) in [5, 5.41) is 0. The highest BCUT2D eigenvalue weighted by Gasteiger charge is 2.75. The van der Waals surface area contributed by atoms with Crippen LogP contribution in [0.2, 0.25) is 0 Å². The lowest BCUT2D eigenvalue weighted by Gasteiger charge is -2.54. The molecule has 6 atom stereocenters. The molecule has 1 aromatic rings. The van der Waals surface area contributed by atoms with E-state index in [0.29, 0.717) is 30.0 Å². The van der Waals surface area contributed by atoms with Crippen LogP contribution in [0.25, 0.3) is 0 Å². The molecule has 0 radical (unpaired) electrons. The molecule has 6 rings (SSSR count). The molecule has 0 amide bonds. The van der Waals surface area contributed by atoms with Gasteiger partial charge in [0, 0.05) is 29.9 Å². The van der Waals surface area contributed by atoms with E-state index in [1.165, 1.54) is 29.6 Å². The fourth-order valence-corrected chi connectivity index (χ4v) is 8.22. The van der Waals surface area contributed by atoms with Gasteiger partial charge in [0.1, 0.15) is 6.29 Å². The summed E-state index contributed by atoms with van der Waals surface area (Å²) in [6, 6.07) is 8.27. The Kier molecular flexibility index (Phi) is 4.28. The molecule has 3 saturated carbocycles. The molecule has 0 unspecified atom stereocenters. The molecule has 3 heteroatoms. The Morgan fingerprint density at radius 1 is 1.13 bits per heavy atom. The summed E-state index contributed by atoms with van der Waals surface area (Å²) < 4.78 is 6.54. The number of carbonyl (C=O) groups is 2. The van der Waals surface area contributed by atoms with Crippen LogP contribution in [-0.2, 0) is 9.53 Å². The van der Waals surface area contributed by atoms with E-state index in [2.05, 4.69) is 26.0 Å². The fraction of sp³-hybridized carbons (Fsp3) is 0.571. The van der Waals surface area contributed by atoms with E-state index in [0.717, 1.165) is 50.1 Å². The first-order valence-electron chi connectivity index (χ1n) is 12.2. The van der Waals surface area contributed by atoms with Crippen LogP contribution in [0.4, 0.5) is 0 Å². The van der Waals surface area contributed by atoms with Gasteiger partial charge in [-0.3, -0.25) is 9.59 Å². The number of carbonyl (C=O) groups excluding carboxylic acids is 2. The highest BCUT2D eigenvalue weighted by atomic mass is 16.5. The van der Waals surface area contributed by atoms with Crippen LogP contribution in [0.5, 0.6) is 0 Å². The van der Waals surface area contributed by atoms with Gasteiger partial charge >= 0.3 is 0 Å². The molecule has 0 spiro atoms. The van der Waals surface area contributed by atoms with Crippen molar-refractivity contribution in [1.82, 2.24) is 0 Å². The van der Waals surface area contributed by atoms with Gasteiger partial charge < -0.3 is 4.74 Å². The van der Waals surface area contributed by atoms with Crippen molar-refractivity contribution in [3.05, 3.63) is 58.2 Å². The van der Waals surface area contributed by atoms with Gasteiger partial charge in [-0.15, -0.1) is 0 Å². The van der Waals surface area contributed by atoms with Crippen molar-refractivity contribution in [2.75, 3.05) is 6.61 Å². The lowest BCUT2D eigenvalue weighted by molar-refractivity contribution is -0.114. The van der Waals surface area contributed by atoms with Crippen LogP contribution >= 0.6 is 0 Å². The third-order valence-electron chi connectivity index (χ3n) is 9.56. The normalized spacial score (nSPS) is 40.5. The van der Waals surface area contributed by atoms with Crippen LogP contribution in [0, 0.1) is 23.2 Å². The average molecular weight is 417 g/mol. The Bertz CT molecular complexity index is 1020. The van der Waals surface area contributed by atoms with Crippen molar-refractivity contribution in [2.45, 2.75) is 70.3 Å². The summed E-state index contributed by atoms with van der Waals surface area (Å²) in [7, 11) is 0. The Balaban J connectivity index is 1.50. The number of aldehydes is 1. The summed E-state index contributed by atoms with van der Waals surface area (Å²) in [6.07, 6.45) is 10.3. The predicted octanol–water partition coefficient (Wildman–Crippen LogP) is 5.80. The van der Waals surface area contributed by atoms with Crippen LogP contribution < -0.4 is 0 Å². The van der Waals surface area contributed by atoms with E-state index in [9.17, 15) is 9.59 Å². The minimum atomic E-state index is 0.0717. The summed E-state index contributed by atoms with van der Waals surface area (Å²) in [5.41, 5.74) is 6.76. The van der Waals surface area contributed by atoms with Gasteiger partial charge in [-0.1, -0.05) is 36.8 Å². The standard InChI is InChI=1S/C28H32O3/c1-3-31-28-14-20(28)13-25-23-10-8-19-12-21(30)9-11-22(19)26(23)24(15-27(25,28)2)18-6-4-17(16-29)5-7-18/h4-7,12,16,20,23-25H,3,8-11,13-15H2,1-2H3/t20-,23-,24+,25-,27-,28+/m0/s1. The number of hydrogen-bond acceptors (Lipinski definition) is 3. The molecule has 5 aliphatic carbocycles. The smallest absolute Gasteiger partial charge is 0.156 e. The molecule has 0 aliphatic heterocycles. The second kappa shape index (κ2) is 6.75. The number of ketones is 1. The van der Waals surface area contributed by atoms with Gasteiger partial charge in [0.2, 0.25) is 0 Å². The minimum absolute atomic E-state index is 0.0717. The van der Waals surface area contributed by atoms with Crippen molar-refractivity contribution in [2.24, 2.45) is 23.2 Å². The van der Waals surface area contributed by atoms with Crippen LogP contribution in [0.1, 0.15) is 80.6 Å². The second-order valence-corrected chi connectivity index (χ2v) is 10.7. The number of hydrogen-bond donors (Lipinski definition) is 0. The molecule has 0 bridgehead atoms. The van der Waals surface area contributed by atoms with E-state index >= 15 is 0 Å². The highest BCUT2D eigenvalue weighted by Crippen LogP contribution is 2.77. The summed E-state index contributed by atoms with van der Waals surface area (Å²) >= 11 is 0. The lowest BCUT2D eigenvalue weighted by atomic mass is 9.51. The number of benzene rings is 1. The Labute approximate surface area is 184 Å². The van der Waals surface area contributed by atoms with Crippen LogP contribution in [0.15, 0.2) is 47.1 Å². The predicted molar refractivity (Wildman–Crippen MR) is 120 cm³/mol. The summed E-state index contributed by atoms with van der Waals surface area (Å²) in [6.45, 7) is 5.46. The SMILES string of the molecule is CCO[C@]12C[C@@H]1C[C@H]1[C@@H]3CCC4=CC(=O)CCC4=C3[C@@H](c3ccc(C=O)cc3)C[C@@]12C. The molecule has 3 nitrogen and oxygen atoms in total. The monoisotopic (exact) mass is 416 g/mol. The van der Waals surface area contributed by atoms with Crippen molar-refractivity contribution < 1.29 is 14.3 Å². The Hall–Kier alpha value is -2.00. The van der Waals surface area contributed by atoms with Gasteiger partial charge in [0.25, 0.3) is 0 Å². The summed E-state index contributed by atoms with van der Waals surface area (Å²) in [5.74, 6) is 2.65. The third kappa shape index (κ3) is 2.62. The number of fused-ring (bicyclic) bond motifs is 6. The Morgan fingerprint density at radius 3 is 2.68 bits per heavy atom. The molecule has 0 aromatic heterocycles. The summed E-state index contributed by atoms with van der Waals surface area (Å²) in [4.78, 5) is 23.4. The molecule has 0 saturated heterocycles. The van der Waals surface area contributed by atoms with E-state index in [-0.39, 0.29) is 11.0 Å². The first-order chi connectivity index (χ1) is 15.0. The maximum atomic E-state index is 12.1. The molecule has 0 N–H and O–H groups in total. The second-order valence-electron chi connectivity index (χ2n) is 10.7. The van der Waals surface area contributed by atoms with Crippen LogP contribution in [-0.4, -0.2) is 24.3 Å². The fourth-order valence-electron chi connectivity index (χ4n) is 8.22. The number of ether oxygens (including phenoxy) is 1. The molecule has 162 valence electrons. The van der Waals surface area contributed by atoms with Crippen molar-refractivity contribution in [3.8, 4) is 0 Å².